The van der Waals surface area contributed by atoms with Crippen molar-refractivity contribution in [1.82, 2.24) is 10.9 Å². The molecular weight excluding hydrogens is 352 g/mol. The quantitative estimate of drug-likeness (QED) is 0.601. The van der Waals surface area contributed by atoms with E-state index in [2.05, 4.69) is 10.9 Å². The van der Waals surface area contributed by atoms with Crippen LogP contribution in [0.2, 0.25) is 0 Å². The van der Waals surface area contributed by atoms with Crippen molar-refractivity contribution in [2.75, 3.05) is 20.0 Å². The molecule has 0 saturated carbocycles. The van der Waals surface area contributed by atoms with Crippen LogP contribution in [-0.4, -0.2) is 31.8 Å². The molecule has 0 heterocycles. The molecule has 0 radical (unpaired) electrons. The zero-order valence-electron chi connectivity index (χ0n) is 15.2. The van der Waals surface area contributed by atoms with Gasteiger partial charge in [-0.2, -0.15) is 0 Å². The van der Waals surface area contributed by atoms with Crippen molar-refractivity contribution in [2.45, 2.75) is 18.7 Å². The van der Waals surface area contributed by atoms with Gasteiger partial charge in [0.15, 0.2) is 0 Å². The first-order chi connectivity index (χ1) is 12.4. The van der Waals surface area contributed by atoms with Gasteiger partial charge in [-0.1, -0.05) is 17.7 Å². The molecule has 138 valence electrons. The van der Waals surface area contributed by atoms with E-state index in [4.69, 9.17) is 9.47 Å². The number of hydrogen-bond acceptors (Lipinski definition) is 5. The number of ether oxygens (including phenoxy) is 2. The van der Waals surface area contributed by atoms with Crippen LogP contribution in [0.25, 0.3) is 0 Å². The van der Waals surface area contributed by atoms with Crippen LogP contribution in [0.4, 0.5) is 0 Å². The van der Waals surface area contributed by atoms with Gasteiger partial charge in [0.1, 0.15) is 11.5 Å². The lowest BCUT2D eigenvalue weighted by Crippen LogP contribution is -2.42. The van der Waals surface area contributed by atoms with Crippen molar-refractivity contribution < 1.29 is 19.1 Å². The lowest BCUT2D eigenvalue weighted by molar-refractivity contribution is -0.119. The fourth-order valence-corrected chi connectivity index (χ4v) is 3.10. The van der Waals surface area contributed by atoms with Gasteiger partial charge in [-0.05, 0) is 37.6 Å². The summed E-state index contributed by atoms with van der Waals surface area (Å²) in [7, 11) is 3.01. The van der Waals surface area contributed by atoms with Gasteiger partial charge in [-0.25, -0.2) is 0 Å². The van der Waals surface area contributed by atoms with E-state index < -0.39 is 5.91 Å². The molecule has 0 aromatic heterocycles. The van der Waals surface area contributed by atoms with E-state index in [1.54, 1.807) is 18.2 Å². The van der Waals surface area contributed by atoms with Gasteiger partial charge in [0, 0.05) is 16.5 Å². The first kappa shape index (κ1) is 19.7. The van der Waals surface area contributed by atoms with Gasteiger partial charge in [0.05, 0.1) is 20.0 Å². The van der Waals surface area contributed by atoms with E-state index in [9.17, 15) is 9.59 Å². The molecule has 0 fully saturated rings. The van der Waals surface area contributed by atoms with E-state index in [1.807, 2.05) is 32.0 Å². The number of benzene rings is 2. The molecule has 26 heavy (non-hydrogen) atoms. The number of hydrazine groups is 1. The van der Waals surface area contributed by atoms with Gasteiger partial charge in [0.25, 0.3) is 5.91 Å². The fraction of sp³-hybridized carbons (Fsp3) is 0.263. The second kappa shape index (κ2) is 9.15. The Morgan fingerprint density at radius 3 is 2.23 bits per heavy atom. The third kappa shape index (κ3) is 5.42. The van der Waals surface area contributed by atoms with Crippen molar-refractivity contribution in [2.24, 2.45) is 0 Å². The van der Waals surface area contributed by atoms with Crippen LogP contribution < -0.4 is 20.3 Å². The van der Waals surface area contributed by atoms with Gasteiger partial charge >= 0.3 is 0 Å². The highest BCUT2D eigenvalue weighted by Crippen LogP contribution is 2.23. The number of amides is 2. The summed E-state index contributed by atoms with van der Waals surface area (Å²) < 4.78 is 10.3. The maximum atomic E-state index is 12.2. The number of methoxy groups -OCH3 is 2. The number of aryl methyl sites for hydroxylation is 2. The molecule has 2 aromatic carbocycles. The molecule has 0 spiro atoms. The monoisotopic (exact) mass is 374 g/mol. The maximum absolute atomic E-state index is 12.2. The summed E-state index contributed by atoms with van der Waals surface area (Å²) in [5.41, 5.74) is 7.39. The Hall–Kier alpha value is -2.67. The zero-order valence-corrected chi connectivity index (χ0v) is 16.0. The molecule has 2 N–H and O–H groups in total. The summed E-state index contributed by atoms with van der Waals surface area (Å²) in [6.07, 6.45) is 0. The number of carbonyl (C=O) groups is 2. The van der Waals surface area contributed by atoms with E-state index >= 15 is 0 Å². The molecule has 7 heteroatoms. The molecule has 2 rings (SSSR count). The predicted molar refractivity (Wildman–Crippen MR) is 102 cm³/mol. The first-order valence-electron chi connectivity index (χ1n) is 7.95. The van der Waals surface area contributed by atoms with Gasteiger partial charge in [-0.15, -0.1) is 11.8 Å². The fourth-order valence-electron chi connectivity index (χ4n) is 2.18. The smallest absolute Gasteiger partial charge is 0.269 e. The molecule has 6 nitrogen and oxygen atoms in total. The van der Waals surface area contributed by atoms with Gasteiger partial charge < -0.3 is 9.47 Å². The SMILES string of the molecule is COc1cc(OC)cc(C(=O)NNC(=O)CSc2cc(C)ccc2C)c1. The summed E-state index contributed by atoms with van der Waals surface area (Å²) in [6, 6.07) is 10.9. The number of nitrogens with one attached hydrogen (secondary N) is 2. The zero-order chi connectivity index (χ0) is 19.1. The number of rotatable bonds is 6. The normalized spacial score (nSPS) is 10.2. The molecule has 0 atom stereocenters. The molecule has 0 bridgehead atoms. The lowest BCUT2D eigenvalue weighted by atomic mass is 10.2. The third-order valence-electron chi connectivity index (χ3n) is 3.63. The Morgan fingerprint density at radius 1 is 0.962 bits per heavy atom. The minimum atomic E-state index is -0.452. The summed E-state index contributed by atoms with van der Waals surface area (Å²) in [6.45, 7) is 4.00. The topological polar surface area (TPSA) is 76.7 Å². The molecule has 0 unspecified atom stereocenters. The lowest BCUT2D eigenvalue weighted by Gasteiger charge is -2.11. The molecule has 0 aliphatic carbocycles. The van der Waals surface area contributed by atoms with Crippen LogP contribution in [0.1, 0.15) is 21.5 Å². The summed E-state index contributed by atoms with van der Waals surface area (Å²) in [5, 5.41) is 0. The predicted octanol–water partition coefficient (Wildman–Crippen LogP) is 2.87. The van der Waals surface area contributed by atoms with Gasteiger partial charge in [0.2, 0.25) is 5.91 Å². The third-order valence-corrected chi connectivity index (χ3v) is 4.79. The molecule has 0 saturated heterocycles. The minimum absolute atomic E-state index is 0.200. The van der Waals surface area contributed by atoms with Crippen LogP contribution in [0.15, 0.2) is 41.3 Å². The van der Waals surface area contributed by atoms with Crippen molar-refractivity contribution in [1.29, 1.82) is 0 Å². The van der Waals surface area contributed by atoms with E-state index in [1.165, 1.54) is 26.0 Å². The Kier molecular flexibility index (Phi) is 6.91. The highest BCUT2D eigenvalue weighted by atomic mass is 32.2. The molecule has 2 amide bonds. The number of hydrogen-bond donors (Lipinski definition) is 2. The van der Waals surface area contributed by atoms with Crippen LogP contribution in [0, 0.1) is 13.8 Å². The van der Waals surface area contributed by atoms with Crippen molar-refractivity contribution in [3.05, 3.63) is 53.1 Å². The average molecular weight is 374 g/mol. The van der Waals surface area contributed by atoms with Crippen LogP contribution in [0.5, 0.6) is 11.5 Å². The Balaban J connectivity index is 1.90. The average Bonchev–Trinajstić information content (AvgIpc) is 2.66. The highest BCUT2D eigenvalue weighted by molar-refractivity contribution is 8.00. The minimum Gasteiger partial charge on any atom is -0.497 e. The number of carbonyl (C=O) groups excluding carboxylic acids is 2. The Morgan fingerprint density at radius 2 is 1.62 bits per heavy atom. The van der Waals surface area contributed by atoms with E-state index in [0.717, 1.165) is 16.0 Å². The van der Waals surface area contributed by atoms with E-state index in [0.29, 0.717) is 17.1 Å². The van der Waals surface area contributed by atoms with Crippen molar-refractivity contribution >= 4 is 23.6 Å². The summed E-state index contributed by atoms with van der Waals surface area (Å²) >= 11 is 1.43. The summed E-state index contributed by atoms with van der Waals surface area (Å²) in [4.78, 5) is 25.3. The Bertz CT molecular complexity index is 786. The van der Waals surface area contributed by atoms with Crippen LogP contribution in [0.3, 0.4) is 0 Å². The second-order valence-electron chi connectivity index (χ2n) is 5.66. The highest BCUT2D eigenvalue weighted by Gasteiger charge is 2.11. The van der Waals surface area contributed by atoms with Crippen molar-refractivity contribution in [3.63, 3.8) is 0 Å². The van der Waals surface area contributed by atoms with E-state index in [-0.39, 0.29) is 11.7 Å². The van der Waals surface area contributed by atoms with Crippen LogP contribution in [-0.2, 0) is 4.79 Å². The molecule has 0 aliphatic heterocycles. The van der Waals surface area contributed by atoms with Crippen LogP contribution >= 0.6 is 11.8 Å². The molecule has 2 aromatic rings. The standard InChI is InChI=1S/C19H22N2O4S/c1-12-5-6-13(2)17(7-12)26-11-18(22)20-21-19(23)14-8-15(24-3)10-16(9-14)25-4/h5-10H,11H2,1-4H3,(H,20,22)(H,21,23). The first-order valence-corrected chi connectivity index (χ1v) is 8.94. The Labute approximate surface area is 157 Å². The van der Waals surface area contributed by atoms with Crippen molar-refractivity contribution in [3.8, 4) is 11.5 Å². The van der Waals surface area contributed by atoms with Gasteiger partial charge in [-0.3, -0.25) is 20.4 Å². The number of thioether (sulfide) groups is 1. The molecular formula is C19H22N2O4S. The summed E-state index contributed by atoms with van der Waals surface area (Å²) in [5.74, 6) is 0.440. The molecule has 0 aliphatic rings. The second-order valence-corrected chi connectivity index (χ2v) is 6.68. The largest absolute Gasteiger partial charge is 0.497 e. The maximum Gasteiger partial charge on any atom is 0.269 e.